The molecule has 0 amide bonds. The number of anilines is 1. The smallest absolute Gasteiger partial charge is 0.170 e. The molecule has 0 aliphatic heterocycles. The van der Waals surface area contributed by atoms with Crippen LogP contribution in [0.25, 0.3) is 0 Å². The van der Waals surface area contributed by atoms with Gasteiger partial charge < -0.3 is 16.3 Å². The molecular formula is C15H16BrN3O. The lowest BCUT2D eigenvalue weighted by Gasteiger charge is -2.10. The molecule has 0 fully saturated rings. The Bertz CT molecular complexity index is 624. The summed E-state index contributed by atoms with van der Waals surface area (Å²) in [7, 11) is 0. The molecule has 0 spiro atoms. The maximum atomic E-state index is 8.61. The van der Waals surface area contributed by atoms with Gasteiger partial charge in [0.1, 0.15) is 0 Å². The molecule has 2 aromatic rings. The van der Waals surface area contributed by atoms with E-state index >= 15 is 0 Å². The Balaban J connectivity index is 2.06. The van der Waals surface area contributed by atoms with E-state index in [0.717, 1.165) is 15.7 Å². The van der Waals surface area contributed by atoms with E-state index in [4.69, 9.17) is 10.9 Å². The van der Waals surface area contributed by atoms with Gasteiger partial charge in [0.25, 0.3) is 0 Å². The molecule has 0 aliphatic carbocycles. The Morgan fingerprint density at radius 3 is 2.60 bits per heavy atom. The predicted octanol–water partition coefficient (Wildman–Crippen LogP) is 3.46. The molecule has 0 saturated heterocycles. The summed E-state index contributed by atoms with van der Waals surface area (Å²) in [5.41, 5.74) is 9.65. The van der Waals surface area contributed by atoms with E-state index < -0.39 is 0 Å². The van der Waals surface area contributed by atoms with E-state index in [1.165, 1.54) is 5.56 Å². The van der Waals surface area contributed by atoms with Crippen molar-refractivity contribution in [3.05, 3.63) is 63.6 Å². The molecule has 0 bridgehead atoms. The first-order valence-corrected chi connectivity index (χ1v) is 6.96. The third-order valence-electron chi connectivity index (χ3n) is 3.04. The fourth-order valence-electron chi connectivity index (χ4n) is 1.83. The number of benzene rings is 2. The van der Waals surface area contributed by atoms with Crippen molar-refractivity contribution in [2.45, 2.75) is 13.5 Å². The Morgan fingerprint density at radius 2 is 1.95 bits per heavy atom. The van der Waals surface area contributed by atoms with Crippen LogP contribution < -0.4 is 11.1 Å². The van der Waals surface area contributed by atoms with Crippen molar-refractivity contribution in [2.75, 3.05) is 5.32 Å². The minimum atomic E-state index is 0.118. The number of halogens is 1. The van der Waals surface area contributed by atoms with Crippen LogP contribution in [0.1, 0.15) is 16.7 Å². The van der Waals surface area contributed by atoms with E-state index in [-0.39, 0.29) is 5.84 Å². The Kier molecular flexibility index (Phi) is 4.63. The van der Waals surface area contributed by atoms with Crippen LogP contribution in [0.4, 0.5) is 5.69 Å². The van der Waals surface area contributed by atoms with Gasteiger partial charge in [-0.05, 0) is 30.2 Å². The maximum absolute atomic E-state index is 8.61. The second kappa shape index (κ2) is 6.43. The van der Waals surface area contributed by atoms with Gasteiger partial charge in [0.15, 0.2) is 5.84 Å². The highest BCUT2D eigenvalue weighted by molar-refractivity contribution is 9.10. The molecule has 4 nitrogen and oxygen atoms in total. The van der Waals surface area contributed by atoms with Crippen molar-refractivity contribution < 1.29 is 5.21 Å². The second-order valence-electron chi connectivity index (χ2n) is 4.49. The van der Waals surface area contributed by atoms with Crippen LogP contribution in [0.2, 0.25) is 0 Å². The highest BCUT2D eigenvalue weighted by Gasteiger charge is 2.01. The highest BCUT2D eigenvalue weighted by Crippen LogP contribution is 2.21. The van der Waals surface area contributed by atoms with E-state index in [0.29, 0.717) is 12.1 Å². The van der Waals surface area contributed by atoms with Crippen molar-refractivity contribution in [1.82, 2.24) is 0 Å². The van der Waals surface area contributed by atoms with Gasteiger partial charge in [0.2, 0.25) is 0 Å². The summed E-state index contributed by atoms with van der Waals surface area (Å²) in [4.78, 5) is 0. The lowest BCUT2D eigenvalue weighted by Crippen LogP contribution is -2.13. The first kappa shape index (κ1) is 14.4. The van der Waals surface area contributed by atoms with Crippen LogP contribution in [-0.4, -0.2) is 11.0 Å². The van der Waals surface area contributed by atoms with Crippen LogP contribution in [0.15, 0.2) is 52.1 Å². The van der Waals surface area contributed by atoms with Crippen molar-refractivity contribution in [3.8, 4) is 0 Å². The maximum Gasteiger partial charge on any atom is 0.170 e. The standard InChI is InChI=1S/C15H16BrN3O/c1-10-2-7-13(16)8-14(10)18-9-11-3-5-12(6-4-11)15(17)19-20/h2-8,18,20H,9H2,1H3,(H2,17,19). The zero-order chi connectivity index (χ0) is 14.5. The predicted molar refractivity (Wildman–Crippen MR) is 85.2 cm³/mol. The fraction of sp³-hybridized carbons (Fsp3) is 0.133. The minimum absolute atomic E-state index is 0.118. The zero-order valence-electron chi connectivity index (χ0n) is 11.1. The first-order valence-electron chi connectivity index (χ1n) is 6.17. The molecule has 4 N–H and O–H groups in total. The number of hydrogen-bond donors (Lipinski definition) is 3. The minimum Gasteiger partial charge on any atom is -0.409 e. The molecule has 5 heteroatoms. The van der Waals surface area contributed by atoms with Crippen molar-refractivity contribution in [1.29, 1.82) is 0 Å². The third-order valence-corrected chi connectivity index (χ3v) is 3.53. The number of oxime groups is 1. The van der Waals surface area contributed by atoms with Crippen molar-refractivity contribution >= 4 is 27.5 Å². The summed E-state index contributed by atoms with van der Waals surface area (Å²) in [5.74, 6) is 0.118. The normalized spacial score (nSPS) is 11.4. The number of amidine groups is 1. The summed E-state index contributed by atoms with van der Waals surface area (Å²) in [6.45, 7) is 2.78. The average Bonchev–Trinajstić information content (AvgIpc) is 2.48. The topological polar surface area (TPSA) is 70.6 Å². The van der Waals surface area contributed by atoms with Crippen LogP contribution in [0.5, 0.6) is 0 Å². The van der Waals surface area contributed by atoms with Crippen LogP contribution in [0, 0.1) is 6.92 Å². The average molecular weight is 334 g/mol. The van der Waals surface area contributed by atoms with E-state index in [2.05, 4.69) is 45.5 Å². The number of nitrogens with one attached hydrogen (secondary N) is 1. The van der Waals surface area contributed by atoms with Gasteiger partial charge in [-0.1, -0.05) is 51.4 Å². The Hall–Kier alpha value is -2.01. The Labute approximate surface area is 126 Å². The van der Waals surface area contributed by atoms with E-state index in [1.54, 1.807) is 0 Å². The number of rotatable bonds is 4. The zero-order valence-corrected chi connectivity index (χ0v) is 12.7. The van der Waals surface area contributed by atoms with E-state index in [1.807, 2.05) is 30.3 Å². The van der Waals surface area contributed by atoms with Crippen LogP contribution >= 0.6 is 15.9 Å². The molecule has 0 aliphatic rings. The summed E-state index contributed by atoms with van der Waals surface area (Å²) in [6.07, 6.45) is 0. The lowest BCUT2D eigenvalue weighted by molar-refractivity contribution is 0.318. The number of hydrogen-bond acceptors (Lipinski definition) is 3. The SMILES string of the molecule is Cc1ccc(Br)cc1NCc1ccc(C(N)=NO)cc1. The van der Waals surface area contributed by atoms with Gasteiger partial charge in [-0.25, -0.2) is 0 Å². The molecule has 2 rings (SSSR count). The second-order valence-corrected chi connectivity index (χ2v) is 5.41. The molecule has 104 valence electrons. The van der Waals surface area contributed by atoms with Crippen LogP contribution in [0.3, 0.4) is 0 Å². The molecule has 2 aromatic carbocycles. The summed E-state index contributed by atoms with van der Waals surface area (Å²) >= 11 is 3.47. The van der Waals surface area contributed by atoms with Crippen LogP contribution in [-0.2, 0) is 6.54 Å². The quantitative estimate of drug-likeness (QED) is 0.347. The summed E-state index contributed by atoms with van der Waals surface area (Å²) < 4.78 is 1.05. The Morgan fingerprint density at radius 1 is 1.25 bits per heavy atom. The number of aryl methyl sites for hydroxylation is 1. The summed E-state index contributed by atoms with van der Waals surface area (Å²) in [6, 6.07) is 13.7. The lowest BCUT2D eigenvalue weighted by atomic mass is 10.1. The van der Waals surface area contributed by atoms with Gasteiger partial charge in [-0.2, -0.15) is 0 Å². The van der Waals surface area contributed by atoms with Gasteiger partial charge in [0, 0.05) is 22.3 Å². The highest BCUT2D eigenvalue weighted by atomic mass is 79.9. The molecule has 0 heterocycles. The van der Waals surface area contributed by atoms with Crippen molar-refractivity contribution in [3.63, 3.8) is 0 Å². The van der Waals surface area contributed by atoms with Crippen molar-refractivity contribution in [2.24, 2.45) is 10.9 Å². The molecule has 0 saturated carbocycles. The molecule has 0 unspecified atom stereocenters. The molecule has 0 aromatic heterocycles. The molecule has 20 heavy (non-hydrogen) atoms. The molecular weight excluding hydrogens is 318 g/mol. The summed E-state index contributed by atoms with van der Waals surface area (Å²) in [5, 5.41) is 15.0. The number of nitrogens with zero attached hydrogens (tertiary/aromatic N) is 1. The monoisotopic (exact) mass is 333 g/mol. The first-order chi connectivity index (χ1) is 9.60. The molecule has 0 radical (unpaired) electrons. The van der Waals surface area contributed by atoms with Gasteiger partial charge >= 0.3 is 0 Å². The molecule has 0 atom stereocenters. The third kappa shape index (κ3) is 3.51. The number of nitrogens with two attached hydrogens (primary N) is 1. The van der Waals surface area contributed by atoms with E-state index in [9.17, 15) is 0 Å². The fourth-order valence-corrected chi connectivity index (χ4v) is 2.19. The van der Waals surface area contributed by atoms with Gasteiger partial charge in [-0.3, -0.25) is 0 Å². The van der Waals surface area contributed by atoms with Gasteiger partial charge in [-0.15, -0.1) is 0 Å². The van der Waals surface area contributed by atoms with Gasteiger partial charge in [0.05, 0.1) is 0 Å². The largest absolute Gasteiger partial charge is 0.409 e.